The zero-order valence-electron chi connectivity index (χ0n) is 8.52. The van der Waals surface area contributed by atoms with E-state index < -0.39 is 17.6 Å². The van der Waals surface area contributed by atoms with Crippen molar-refractivity contribution in [2.45, 2.75) is 0 Å². The van der Waals surface area contributed by atoms with Crippen LogP contribution in [0.2, 0.25) is 0 Å². The third kappa shape index (κ3) is 2.28. The molecule has 3 nitrogen and oxygen atoms in total. The minimum absolute atomic E-state index is 0.0995. The van der Waals surface area contributed by atoms with Gasteiger partial charge in [-0.2, -0.15) is 0 Å². The van der Waals surface area contributed by atoms with E-state index in [2.05, 4.69) is 4.98 Å². The number of hydrogen-bond acceptors (Lipinski definition) is 2. The molecule has 2 rings (SSSR count). The summed E-state index contributed by atoms with van der Waals surface area (Å²) in [6, 6.07) is 4.28. The minimum Gasteiger partial charge on any atom is -0.478 e. The maximum Gasteiger partial charge on any atom is 0.337 e. The molecular formula is C12H7F2NO2. The van der Waals surface area contributed by atoms with Crippen molar-refractivity contribution < 1.29 is 18.7 Å². The molecule has 0 bridgehead atoms. The molecule has 1 heterocycles. The van der Waals surface area contributed by atoms with E-state index in [4.69, 9.17) is 5.11 Å². The van der Waals surface area contributed by atoms with Crippen LogP contribution in [0, 0.1) is 11.6 Å². The molecule has 1 N–H and O–H groups in total. The van der Waals surface area contributed by atoms with Gasteiger partial charge in [-0.3, -0.25) is 4.98 Å². The Bertz CT molecular complexity index is 564. The predicted octanol–water partition coefficient (Wildman–Crippen LogP) is 2.73. The maximum atomic E-state index is 13.0. The van der Waals surface area contributed by atoms with Crippen LogP contribution in [0.5, 0.6) is 0 Å². The molecule has 1 aromatic carbocycles. The second kappa shape index (κ2) is 4.29. The number of aromatic carboxylic acids is 1. The Kier molecular flexibility index (Phi) is 2.82. The van der Waals surface area contributed by atoms with Crippen molar-refractivity contribution in [3.8, 4) is 11.1 Å². The molecule has 1 aromatic heterocycles. The van der Waals surface area contributed by atoms with Crippen LogP contribution in [0.3, 0.4) is 0 Å². The normalized spacial score (nSPS) is 10.2. The van der Waals surface area contributed by atoms with Gasteiger partial charge in [0.05, 0.1) is 5.56 Å². The highest BCUT2D eigenvalue weighted by atomic mass is 19.1. The van der Waals surface area contributed by atoms with E-state index in [1.807, 2.05) is 0 Å². The van der Waals surface area contributed by atoms with Gasteiger partial charge in [-0.25, -0.2) is 13.6 Å². The van der Waals surface area contributed by atoms with Gasteiger partial charge in [0.25, 0.3) is 0 Å². The summed E-state index contributed by atoms with van der Waals surface area (Å²) in [6.45, 7) is 0. The standard InChI is InChI=1S/C12H7F2NO2/c13-8-3-7(4-9(14)5-8)10-1-2-15-6-11(10)12(16)17/h1-6H,(H,16,17). The number of rotatable bonds is 2. The maximum absolute atomic E-state index is 13.0. The number of pyridine rings is 1. The molecule has 0 atom stereocenters. The first-order valence-electron chi connectivity index (χ1n) is 4.71. The van der Waals surface area contributed by atoms with Gasteiger partial charge in [-0.1, -0.05) is 0 Å². The quantitative estimate of drug-likeness (QED) is 0.870. The van der Waals surface area contributed by atoms with E-state index in [-0.39, 0.29) is 16.7 Å². The van der Waals surface area contributed by atoms with Crippen LogP contribution in [0.15, 0.2) is 36.7 Å². The summed E-state index contributed by atoms with van der Waals surface area (Å²) in [5.41, 5.74) is 0.297. The molecule has 0 amide bonds. The van der Waals surface area contributed by atoms with Crippen LogP contribution < -0.4 is 0 Å². The first-order chi connectivity index (χ1) is 8.08. The number of halogens is 2. The summed E-state index contributed by atoms with van der Waals surface area (Å²) in [6.07, 6.45) is 2.51. The summed E-state index contributed by atoms with van der Waals surface area (Å²) < 4.78 is 26.1. The third-order valence-corrected chi connectivity index (χ3v) is 2.23. The molecule has 5 heteroatoms. The Hall–Kier alpha value is -2.30. The zero-order valence-corrected chi connectivity index (χ0v) is 8.52. The first-order valence-corrected chi connectivity index (χ1v) is 4.71. The molecule has 0 saturated carbocycles. The molecule has 0 unspecified atom stereocenters. The van der Waals surface area contributed by atoms with E-state index in [1.54, 1.807) is 0 Å². The third-order valence-electron chi connectivity index (χ3n) is 2.23. The Morgan fingerprint density at radius 3 is 2.41 bits per heavy atom. The van der Waals surface area contributed by atoms with Gasteiger partial charge in [0.1, 0.15) is 11.6 Å². The lowest BCUT2D eigenvalue weighted by atomic mass is 10.0. The second-order valence-corrected chi connectivity index (χ2v) is 3.38. The summed E-state index contributed by atoms with van der Waals surface area (Å²) in [5, 5.41) is 8.94. The van der Waals surface area contributed by atoms with Gasteiger partial charge in [0, 0.05) is 18.5 Å². The Morgan fingerprint density at radius 1 is 1.18 bits per heavy atom. The van der Waals surface area contributed by atoms with Crippen molar-refractivity contribution >= 4 is 5.97 Å². The fraction of sp³-hybridized carbons (Fsp3) is 0. The summed E-state index contributed by atoms with van der Waals surface area (Å²) >= 11 is 0. The predicted molar refractivity (Wildman–Crippen MR) is 56.5 cm³/mol. The first kappa shape index (κ1) is 11.2. The number of carbonyl (C=O) groups is 1. The number of nitrogens with zero attached hydrogens (tertiary/aromatic N) is 1. The van der Waals surface area contributed by atoms with Crippen molar-refractivity contribution in [3.05, 3.63) is 53.9 Å². The van der Waals surface area contributed by atoms with Gasteiger partial charge in [0.15, 0.2) is 0 Å². The van der Waals surface area contributed by atoms with Crippen LogP contribution in [0.25, 0.3) is 11.1 Å². The molecule has 17 heavy (non-hydrogen) atoms. The lowest BCUT2D eigenvalue weighted by molar-refractivity contribution is 0.0697. The number of carboxylic acid groups (broad SMARTS) is 1. The van der Waals surface area contributed by atoms with Crippen molar-refractivity contribution in [1.29, 1.82) is 0 Å². The molecule has 86 valence electrons. The van der Waals surface area contributed by atoms with Crippen LogP contribution in [0.4, 0.5) is 8.78 Å². The molecule has 0 aliphatic carbocycles. The van der Waals surface area contributed by atoms with Crippen LogP contribution >= 0.6 is 0 Å². The van der Waals surface area contributed by atoms with E-state index in [9.17, 15) is 13.6 Å². The van der Waals surface area contributed by atoms with Gasteiger partial charge < -0.3 is 5.11 Å². The fourth-order valence-electron chi connectivity index (χ4n) is 1.53. The molecule has 0 radical (unpaired) electrons. The summed E-state index contributed by atoms with van der Waals surface area (Å²) in [5.74, 6) is -2.71. The molecule has 0 fully saturated rings. The van der Waals surface area contributed by atoms with Crippen LogP contribution in [0.1, 0.15) is 10.4 Å². The van der Waals surface area contributed by atoms with Gasteiger partial charge in [-0.15, -0.1) is 0 Å². The second-order valence-electron chi connectivity index (χ2n) is 3.38. The lowest BCUT2D eigenvalue weighted by Gasteiger charge is -2.05. The smallest absolute Gasteiger partial charge is 0.337 e. The Balaban J connectivity index is 2.64. The SMILES string of the molecule is O=C(O)c1cnccc1-c1cc(F)cc(F)c1. The number of aromatic nitrogens is 1. The largest absolute Gasteiger partial charge is 0.478 e. The van der Waals surface area contributed by atoms with Crippen molar-refractivity contribution in [1.82, 2.24) is 4.98 Å². The van der Waals surface area contributed by atoms with Gasteiger partial charge in [0.2, 0.25) is 0 Å². The molecule has 0 aliphatic rings. The molecule has 0 spiro atoms. The Labute approximate surface area is 95.4 Å². The van der Waals surface area contributed by atoms with E-state index >= 15 is 0 Å². The molecular weight excluding hydrogens is 228 g/mol. The molecule has 2 aromatic rings. The highest BCUT2D eigenvalue weighted by Gasteiger charge is 2.12. The van der Waals surface area contributed by atoms with Crippen LogP contribution in [-0.4, -0.2) is 16.1 Å². The van der Waals surface area contributed by atoms with Crippen molar-refractivity contribution in [2.75, 3.05) is 0 Å². The average molecular weight is 235 g/mol. The number of carboxylic acids is 1. The minimum atomic E-state index is -1.20. The zero-order chi connectivity index (χ0) is 12.4. The highest BCUT2D eigenvalue weighted by molar-refractivity contribution is 5.95. The topological polar surface area (TPSA) is 50.2 Å². The van der Waals surface area contributed by atoms with Crippen LogP contribution in [-0.2, 0) is 0 Å². The highest BCUT2D eigenvalue weighted by Crippen LogP contribution is 2.24. The van der Waals surface area contributed by atoms with E-state index in [1.165, 1.54) is 12.3 Å². The van der Waals surface area contributed by atoms with Crippen molar-refractivity contribution in [2.24, 2.45) is 0 Å². The molecule has 0 saturated heterocycles. The van der Waals surface area contributed by atoms with E-state index in [0.717, 1.165) is 24.4 Å². The number of benzene rings is 1. The average Bonchev–Trinajstić information content (AvgIpc) is 2.27. The summed E-state index contributed by atoms with van der Waals surface area (Å²) in [4.78, 5) is 14.6. The Morgan fingerprint density at radius 2 is 1.82 bits per heavy atom. The van der Waals surface area contributed by atoms with E-state index in [0.29, 0.717) is 0 Å². The molecule has 0 aliphatic heterocycles. The monoisotopic (exact) mass is 235 g/mol. The van der Waals surface area contributed by atoms with Gasteiger partial charge >= 0.3 is 5.97 Å². The summed E-state index contributed by atoms with van der Waals surface area (Å²) in [7, 11) is 0. The van der Waals surface area contributed by atoms with Crippen molar-refractivity contribution in [3.63, 3.8) is 0 Å². The fourth-order valence-corrected chi connectivity index (χ4v) is 1.53. The van der Waals surface area contributed by atoms with Gasteiger partial charge in [-0.05, 0) is 29.3 Å². The lowest BCUT2D eigenvalue weighted by Crippen LogP contribution is -2.00. The number of hydrogen-bond donors (Lipinski definition) is 1.